The predicted molar refractivity (Wildman–Crippen MR) is 107 cm³/mol. The van der Waals surface area contributed by atoms with Gasteiger partial charge in [0.1, 0.15) is 11.5 Å². The Balaban J connectivity index is 1.41. The van der Waals surface area contributed by atoms with Crippen LogP contribution in [0.25, 0.3) is 0 Å². The molecule has 1 unspecified atom stereocenters. The van der Waals surface area contributed by atoms with Gasteiger partial charge in [-0.2, -0.15) is 0 Å². The number of imidazole rings is 1. The van der Waals surface area contributed by atoms with Gasteiger partial charge in [0, 0.05) is 49.6 Å². The van der Waals surface area contributed by atoms with Crippen molar-refractivity contribution in [2.45, 2.75) is 38.8 Å². The molecule has 0 radical (unpaired) electrons. The van der Waals surface area contributed by atoms with Crippen LogP contribution in [0.4, 0.5) is 0 Å². The van der Waals surface area contributed by atoms with Crippen LogP contribution in [0.3, 0.4) is 0 Å². The number of ether oxygens (including phenoxy) is 2. The molecule has 1 amide bonds. The van der Waals surface area contributed by atoms with Crippen molar-refractivity contribution in [2.75, 3.05) is 27.3 Å². The van der Waals surface area contributed by atoms with Crippen molar-refractivity contribution in [3.05, 3.63) is 42.0 Å². The van der Waals surface area contributed by atoms with Crippen LogP contribution in [-0.4, -0.2) is 48.1 Å². The Morgan fingerprint density at radius 3 is 3.00 bits per heavy atom. The smallest absolute Gasteiger partial charge is 0.220 e. The highest BCUT2D eigenvalue weighted by atomic mass is 16.5. The molecule has 7 nitrogen and oxygen atoms in total. The van der Waals surface area contributed by atoms with E-state index in [1.165, 1.54) is 12.8 Å². The fourth-order valence-electron chi connectivity index (χ4n) is 3.76. The molecule has 1 aliphatic rings. The van der Waals surface area contributed by atoms with E-state index < -0.39 is 0 Å². The van der Waals surface area contributed by atoms with E-state index in [9.17, 15) is 4.79 Å². The van der Waals surface area contributed by atoms with Crippen LogP contribution in [0.5, 0.6) is 11.5 Å². The first kappa shape index (κ1) is 20.2. The summed E-state index contributed by atoms with van der Waals surface area (Å²) in [6.45, 7) is 3.51. The van der Waals surface area contributed by atoms with E-state index in [0.717, 1.165) is 48.8 Å². The number of carbonyl (C=O) groups excluding carboxylic acids is 1. The molecule has 2 heterocycles. The summed E-state index contributed by atoms with van der Waals surface area (Å²) in [5.41, 5.74) is 2.09. The lowest BCUT2D eigenvalue weighted by atomic mass is 9.93. The summed E-state index contributed by atoms with van der Waals surface area (Å²) in [5.74, 6) is 2.12. The molecule has 1 aromatic carbocycles. The van der Waals surface area contributed by atoms with Crippen molar-refractivity contribution in [1.29, 1.82) is 0 Å². The Kier molecular flexibility index (Phi) is 7.31. The number of piperidine rings is 1. The van der Waals surface area contributed by atoms with Crippen molar-refractivity contribution < 1.29 is 14.3 Å². The van der Waals surface area contributed by atoms with Crippen molar-refractivity contribution in [3.8, 4) is 11.5 Å². The van der Waals surface area contributed by atoms with Gasteiger partial charge in [0.05, 0.1) is 20.5 Å². The Morgan fingerprint density at radius 2 is 2.25 bits per heavy atom. The molecule has 2 N–H and O–H groups in total. The third kappa shape index (κ3) is 5.73. The van der Waals surface area contributed by atoms with Crippen LogP contribution in [0, 0.1) is 5.92 Å². The number of carbonyl (C=O) groups is 1. The first-order valence-corrected chi connectivity index (χ1v) is 9.85. The van der Waals surface area contributed by atoms with Gasteiger partial charge in [-0.3, -0.25) is 9.69 Å². The molecule has 152 valence electrons. The molecule has 3 rings (SSSR count). The number of amides is 1. The summed E-state index contributed by atoms with van der Waals surface area (Å²) in [5, 5.41) is 3.01. The average molecular weight is 386 g/mol. The fourth-order valence-corrected chi connectivity index (χ4v) is 3.76. The molecule has 1 fully saturated rings. The van der Waals surface area contributed by atoms with Crippen molar-refractivity contribution in [1.82, 2.24) is 20.2 Å². The monoisotopic (exact) mass is 386 g/mol. The lowest BCUT2D eigenvalue weighted by Crippen LogP contribution is -2.35. The zero-order valence-electron chi connectivity index (χ0n) is 16.7. The molecule has 1 atom stereocenters. The summed E-state index contributed by atoms with van der Waals surface area (Å²) >= 11 is 0. The first-order valence-electron chi connectivity index (χ1n) is 9.85. The minimum absolute atomic E-state index is 0.0866. The molecule has 28 heavy (non-hydrogen) atoms. The molecule has 0 saturated carbocycles. The maximum atomic E-state index is 12.3. The van der Waals surface area contributed by atoms with Crippen LogP contribution >= 0.6 is 0 Å². The molecular formula is C21H30N4O3. The third-order valence-corrected chi connectivity index (χ3v) is 5.30. The lowest BCUT2D eigenvalue weighted by molar-refractivity contribution is -0.121. The molecule has 0 bridgehead atoms. The van der Waals surface area contributed by atoms with Gasteiger partial charge in [-0.1, -0.05) is 0 Å². The maximum Gasteiger partial charge on any atom is 0.220 e. The van der Waals surface area contributed by atoms with Crippen molar-refractivity contribution in [3.63, 3.8) is 0 Å². The summed E-state index contributed by atoms with van der Waals surface area (Å²) in [7, 11) is 3.25. The topological polar surface area (TPSA) is 79.5 Å². The van der Waals surface area contributed by atoms with E-state index in [0.29, 0.717) is 18.9 Å². The Labute approximate surface area is 166 Å². The number of nitrogens with one attached hydrogen (secondary N) is 2. The van der Waals surface area contributed by atoms with Gasteiger partial charge in [0.25, 0.3) is 0 Å². The second-order valence-corrected chi connectivity index (χ2v) is 7.31. The van der Waals surface area contributed by atoms with E-state index >= 15 is 0 Å². The Hall–Kier alpha value is -2.54. The quantitative estimate of drug-likeness (QED) is 0.693. The molecule has 1 saturated heterocycles. The van der Waals surface area contributed by atoms with E-state index in [1.54, 1.807) is 20.5 Å². The second-order valence-electron chi connectivity index (χ2n) is 7.31. The zero-order chi connectivity index (χ0) is 19.8. The SMILES string of the molecule is COc1ccc(CNC(=O)CCC2CCCN(Cc3cnc[nH]3)C2)c(OC)c1. The third-order valence-electron chi connectivity index (χ3n) is 5.30. The Bertz CT molecular complexity index is 748. The number of H-pyrrole nitrogens is 1. The lowest BCUT2D eigenvalue weighted by Gasteiger charge is -2.32. The van der Waals surface area contributed by atoms with Crippen LogP contribution in [-0.2, 0) is 17.9 Å². The highest BCUT2D eigenvalue weighted by Crippen LogP contribution is 2.25. The number of benzene rings is 1. The summed E-state index contributed by atoms with van der Waals surface area (Å²) in [6.07, 6.45) is 7.46. The minimum atomic E-state index is 0.0866. The summed E-state index contributed by atoms with van der Waals surface area (Å²) in [4.78, 5) is 22.0. The van der Waals surface area contributed by atoms with Crippen LogP contribution in [0.1, 0.15) is 36.9 Å². The van der Waals surface area contributed by atoms with Crippen LogP contribution in [0.15, 0.2) is 30.7 Å². The number of aromatic amines is 1. The number of rotatable bonds is 9. The predicted octanol–water partition coefficient (Wildman–Crippen LogP) is 2.74. The largest absolute Gasteiger partial charge is 0.497 e. The van der Waals surface area contributed by atoms with E-state index in [-0.39, 0.29) is 5.91 Å². The highest BCUT2D eigenvalue weighted by Gasteiger charge is 2.21. The van der Waals surface area contributed by atoms with Crippen molar-refractivity contribution in [2.24, 2.45) is 5.92 Å². The standard InChI is InChI=1S/C21H30N4O3/c1-27-19-7-6-17(20(10-19)28-2)11-23-21(26)8-5-16-4-3-9-25(13-16)14-18-12-22-15-24-18/h6-7,10,12,15-16H,3-5,8-9,11,13-14H2,1-2H3,(H,22,24)(H,23,26). The normalized spacial score (nSPS) is 17.3. The number of nitrogens with zero attached hydrogens (tertiary/aromatic N) is 2. The molecular weight excluding hydrogens is 356 g/mol. The highest BCUT2D eigenvalue weighted by molar-refractivity contribution is 5.75. The van der Waals surface area contributed by atoms with E-state index in [2.05, 4.69) is 20.2 Å². The molecule has 1 aromatic heterocycles. The molecule has 7 heteroatoms. The molecule has 2 aromatic rings. The minimum Gasteiger partial charge on any atom is -0.497 e. The van der Waals surface area contributed by atoms with Gasteiger partial charge in [0.15, 0.2) is 0 Å². The van der Waals surface area contributed by atoms with Gasteiger partial charge < -0.3 is 19.8 Å². The zero-order valence-corrected chi connectivity index (χ0v) is 16.7. The van der Waals surface area contributed by atoms with Crippen LogP contribution in [0.2, 0.25) is 0 Å². The number of likely N-dealkylation sites (tertiary alicyclic amines) is 1. The fraction of sp³-hybridized carbons (Fsp3) is 0.524. The Morgan fingerprint density at radius 1 is 1.36 bits per heavy atom. The van der Waals surface area contributed by atoms with Gasteiger partial charge in [0.2, 0.25) is 5.91 Å². The van der Waals surface area contributed by atoms with Crippen LogP contribution < -0.4 is 14.8 Å². The number of hydrogen-bond donors (Lipinski definition) is 2. The van der Waals surface area contributed by atoms with Gasteiger partial charge >= 0.3 is 0 Å². The molecule has 1 aliphatic heterocycles. The van der Waals surface area contributed by atoms with Gasteiger partial charge in [-0.25, -0.2) is 4.98 Å². The number of hydrogen-bond acceptors (Lipinski definition) is 5. The molecule has 0 spiro atoms. The number of methoxy groups -OCH3 is 2. The van der Waals surface area contributed by atoms with E-state index in [1.807, 2.05) is 24.4 Å². The summed E-state index contributed by atoms with van der Waals surface area (Å²) in [6, 6.07) is 5.63. The summed E-state index contributed by atoms with van der Waals surface area (Å²) < 4.78 is 10.6. The van der Waals surface area contributed by atoms with Gasteiger partial charge in [-0.05, 0) is 43.9 Å². The van der Waals surface area contributed by atoms with Gasteiger partial charge in [-0.15, -0.1) is 0 Å². The first-order chi connectivity index (χ1) is 13.7. The second kappa shape index (κ2) is 10.1. The molecule has 0 aliphatic carbocycles. The van der Waals surface area contributed by atoms with Crippen molar-refractivity contribution >= 4 is 5.91 Å². The number of aromatic nitrogens is 2. The maximum absolute atomic E-state index is 12.3. The average Bonchev–Trinajstić information content (AvgIpc) is 3.23. The van der Waals surface area contributed by atoms with E-state index in [4.69, 9.17) is 9.47 Å².